The summed E-state index contributed by atoms with van der Waals surface area (Å²) in [6.45, 7) is 5.05. The molecule has 1 aromatic heterocycles. The predicted octanol–water partition coefficient (Wildman–Crippen LogP) is 10.6. The van der Waals surface area contributed by atoms with Crippen LogP contribution in [0.4, 0.5) is 17.1 Å². The third kappa shape index (κ3) is 3.62. The number of hydrogen-bond acceptors (Lipinski definition) is 2. The molecule has 0 radical (unpaired) electrons. The average Bonchev–Trinajstić information content (AvgIpc) is 3.53. The fourth-order valence-electron chi connectivity index (χ4n) is 7.33. The van der Waals surface area contributed by atoms with Crippen LogP contribution in [0.15, 0.2) is 140 Å². The Morgan fingerprint density at radius 3 is 2.07 bits per heavy atom. The molecule has 204 valence electrons. The molecule has 9 rings (SSSR count). The molecular weight excluding hydrogens is 555 g/mol. The normalized spacial score (nSPS) is 13.5. The van der Waals surface area contributed by atoms with Gasteiger partial charge in [-0.3, -0.25) is 0 Å². The lowest BCUT2D eigenvalue weighted by molar-refractivity contribution is 1.29. The highest BCUT2D eigenvalue weighted by atomic mass is 32.1. The van der Waals surface area contributed by atoms with Gasteiger partial charge in [0.1, 0.15) is 8.07 Å². The zero-order valence-electron chi connectivity index (χ0n) is 24.1. The van der Waals surface area contributed by atoms with Crippen LogP contribution in [0.2, 0.25) is 13.1 Å². The summed E-state index contributed by atoms with van der Waals surface area (Å²) in [5.74, 6) is 0. The van der Waals surface area contributed by atoms with Crippen LogP contribution in [0.25, 0.3) is 52.8 Å². The SMILES string of the molecule is C[Si]1(C)c2cc(N(c3ccccc3)c3ccc4c(ccc5ccccc54)c3)ccc2-c2c1ccc1sc3ccccc3c21. The molecule has 43 heavy (non-hydrogen) atoms. The topological polar surface area (TPSA) is 3.24 Å². The van der Waals surface area contributed by atoms with Crippen molar-refractivity contribution in [3.63, 3.8) is 0 Å². The van der Waals surface area contributed by atoms with Crippen molar-refractivity contribution in [3.8, 4) is 11.1 Å². The Balaban J connectivity index is 1.26. The summed E-state index contributed by atoms with van der Waals surface area (Å²) in [6, 6.07) is 51.8. The van der Waals surface area contributed by atoms with Gasteiger partial charge >= 0.3 is 0 Å². The van der Waals surface area contributed by atoms with Crippen molar-refractivity contribution in [2.75, 3.05) is 4.90 Å². The molecule has 0 N–H and O–H groups in total. The summed E-state index contributed by atoms with van der Waals surface area (Å²) in [6.07, 6.45) is 0. The van der Waals surface area contributed by atoms with Gasteiger partial charge in [-0.1, -0.05) is 104 Å². The summed E-state index contributed by atoms with van der Waals surface area (Å²) in [5, 5.41) is 11.0. The second-order valence-electron chi connectivity index (χ2n) is 12.2. The van der Waals surface area contributed by atoms with Crippen molar-refractivity contribution >= 4 is 88.6 Å². The number of hydrogen-bond donors (Lipinski definition) is 0. The fraction of sp³-hybridized carbons (Fsp3) is 0.0500. The van der Waals surface area contributed by atoms with Gasteiger partial charge < -0.3 is 4.90 Å². The highest BCUT2D eigenvalue weighted by molar-refractivity contribution is 7.26. The minimum absolute atomic E-state index is 1.17. The maximum absolute atomic E-state index is 2.52. The summed E-state index contributed by atoms with van der Waals surface area (Å²) in [7, 11) is -1.93. The van der Waals surface area contributed by atoms with Gasteiger partial charge in [0, 0.05) is 37.2 Å². The van der Waals surface area contributed by atoms with Crippen LogP contribution >= 0.6 is 11.3 Å². The minimum atomic E-state index is -1.93. The molecule has 7 aromatic carbocycles. The number of anilines is 3. The van der Waals surface area contributed by atoms with Crippen LogP contribution in [0.5, 0.6) is 0 Å². The van der Waals surface area contributed by atoms with Crippen molar-refractivity contribution in [1.82, 2.24) is 0 Å². The summed E-state index contributed by atoms with van der Waals surface area (Å²) < 4.78 is 2.76. The van der Waals surface area contributed by atoms with Crippen molar-refractivity contribution in [1.29, 1.82) is 0 Å². The second-order valence-corrected chi connectivity index (χ2v) is 17.6. The molecule has 0 atom stereocenters. The Bertz CT molecular complexity index is 2380. The van der Waals surface area contributed by atoms with E-state index >= 15 is 0 Å². The van der Waals surface area contributed by atoms with E-state index in [1.807, 2.05) is 11.3 Å². The summed E-state index contributed by atoms with van der Waals surface area (Å²) >= 11 is 1.91. The van der Waals surface area contributed by atoms with Crippen LogP contribution in [-0.4, -0.2) is 8.07 Å². The number of benzene rings is 7. The Hall–Kier alpha value is -4.70. The fourth-order valence-corrected chi connectivity index (χ4v) is 11.5. The molecule has 3 heteroatoms. The number of nitrogens with zero attached hydrogens (tertiary/aromatic N) is 1. The molecule has 0 spiro atoms. The highest BCUT2D eigenvalue weighted by Gasteiger charge is 2.39. The first-order valence-electron chi connectivity index (χ1n) is 14.9. The van der Waals surface area contributed by atoms with Gasteiger partial charge in [-0.2, -0.15) is 0 Å². The smallest absolute Gasteiger partial charge is 0.113 e. The van der Waals surface area contributed by atoms with E-state index < -0.39 is 8.07 Å². The summed E-state index contributed by atoms with van der Waals surface area (Å²) in [5.41, 5.74) is 6.45. The Labute approximate surface area is 256 Å². The van der Waals surface area contributed by atoms with Crippen molar-refractivity contribution in [2.24, 2.45) is 0 Å². The Morgan fingerprint density at radius 1 is 0.488 bits per heavy atom. The first kappa shape index (κ1) is 24.9. The van der Waals surface area contributed by atoms with E-state index in [9.17, 15) is 0 Å². The Morgan fingerprint density at radius 2 is 1.19 bits per heavy atom. The average molecular weight is 584 g/mol. The van der Waals surface area contributed by atoms with E-state index in [1.165, 1.54) is 75.1 Å². The first-order chi connectivity index (χ1) is 21.1. The molecule has 0 aliphatic carbocycles. The monoisotopic (exact) mass is 583 g/mol. The zero-order chi connectivity index (χ0) is 28.7. The molecule has 0 saturated carbocycles. The molecule has 0 amide bonds. The number of thiophene rings is 1. The van der Waals surface area contributed by atoms with Crippen LogP contribution in [0.3, 0.4) is 0 Å². The first-order valence-corrected chi connectivity index (χ1v) is 18.8. The van der Waals surface area contributed by atoms with Crippen LogP contribution in [0.1, 0.15) is 0 Å². The lowest BCUT2D eigenvalue weighted by atomic mass is 9.99. The van der Waals surface area contributed by atoms with Crippen molar-refractivity contribution < 1.29 is 0 Å². The van der Waals surface area contributed by atoms with E-state index in [4.69, 9.17) is 0 Å². The molecule has 0 bridgehead atoms. The number of rotatable bonds is 3. The van der Waals surface area contributed by atoms with Crippen molar-refractivity contribution in [2.45, 2.75) is 13.1 Å². The largest absolute Gasteiger partial charge is 0.310 e. The van der Waals surface area contributed by atoms with E-state index in [0.717, 1.165) is 0 Å². The third-order valence-electron chi connectivity index (χ3n) is 9.42. The highest BCUT2D eigenvalue weighted by Crippen LogP contribution is 2.44. The second kappa shape index (κ2) is 9.15. The third-order valence-corrected chi connectivity index (χ3v) is 14.1. The molecule has 0 saturated heterocycles. The van der Waals surface area contributed by atoms with E-state index in [0.29, 0.717) is 0 Å². The maximum atomic E-state index is 2.52. The van der Waals surface area contributed by atoms with Gasteiger partial charge in [0.25, 0.3) is 0 Å². The molecule has 2 heterocycles. The van der Waals surface area contributed by atoms with Gasteiger partial charge in [0.15, 0.2) is 0 Å². The lowest BCUT2D eigenvalue weighted by Crippen LogP contribution is -2.49. The molecule has 8 aromatic rings. The molecule has 1 aliphatic heterocycles. The maximum Gasteiger partial charge on any atom is 0.113 e. The number of para-hydroxylation sites is 1. The van der Waals surface area contributed by atoms with Crippen LogP contribution in [0, 0.1) is 0 Å². The van der Waals surface area contributed by atoms with Gasteiger partial charge in [0.2, 0.25) is 0 Å². The summed E-state index contributed by atoms with van der Waals surface area (Å²) in [4.78, 5) is 2.43. The van der Waals surface area contributed by atoms with Gasteiger partial charge in [0.05, 0.1) is 0 Å². The number of fused-ring (bicyclic) bond motifs is 10. The molecule has 1 aliphatic rings. The van der Waals surface area contributed by atoms with Crippen LogP contribution < -0.4 is 15.3 Å². The van der Waals surface area contributed by atoms with Gasteiger partial charge in [-0.25, -0.2) is 0 Å². The molecule has 1 nitrogen and oxygen atoms in total. The quantitative estimate of drug-likeness (QED) is 0.148. The lowest BCUT2D eigenvalue weighted by Gasteiger charge is -2.28. The van der Waals surface area contributed by atoms with Gasteiger partial charge in [-0.15, -0.1) is 11.3 Å². The van der Waals surface area contributed by atoms with E-state index in [-0.39, 0.29) is 0 Å². The van der Waals surface area contributed by atoms with Crippen molar-refractivity contribution in [3.05, 3.63) is 140 Å². The minimum Gasteiger partial charge on any atom is -0.310 e. The van der Waals surface area contributed by atoms with E-state index in [1.54, 1.807) is 5.19 Å². The standard InChI is InChI=1S/C40H29NSSi/c1-43(2)37-23-22-36-39(33-14-8-9-15-35(33)42-36)40(37)34-21-19-30(25-38(34)43)41(28-11-4-3-5-12-28)29-18-20-32-27(24-29)17-16-26-10-6-7-13-31(26)32/h3-25H,1-2H3. The molecule has 0 fully saturated rings. The molecule has 0 unspecified atom stereocenters. The van der Waals surface area contributed by atoms with Crippen LogP contribution in [-0.2, 0) is 0 Å². The van der Waals surface area contributed by atoms with Gasteiger partial charge in [-0.05, 0) is 91.6 Å². The zero-order valence-corrected chi connectivity index (χ0v) is 26.0. The Kier molecular flexibility index (Phi) is 5.29. The molecular formula is C40H29NSSi. The predicted molar refractivity (Wildman–Crippen MR) is 191 cm³/mol. The van der Waals surface area contributed by atoms with E-state index in [2.05, 4.69) is 158 Å².